The summed E-state index contributed by atoms with van der Waals surface area (Å²) in [4.78, 5) is 22.4. The zero-order chi connectivity index (χ0) is 32.6. The summed E-state index contributed by atoms with van der Waals surface area (Å²) in [5.41, 5.74) is 4.59. The van der Waals surface area contributed by atoms with Crippen LogP contribution < -0.4 is 0 Å². The highest BCUT2D eigenvalue weighted by atomic mass is 35.5. The van der Waals surface area contributed by atoms with Crippen LogP contribution in [0.15, 0.2) is 190 Å². The van der Waals surface area contributed by atoms with Crippen LogP contribution in [0.2, 0.25) is 10.0 Å². The molecular weight excluding hydrogens is 631 g/mol. The van der Waals surface area contributed by atoms with Crippen LogP contribution in [0, 0.1) is 0 Å². The summed E-state index contributed by atoms with van der Waals surface area (Å²) in [5, 5.41) is 1.29. The Morgan fingerprint density at radius 2 is 0.646 bits per heavy atom. The van der Waals surface area contributed by atoms with Crippen LogP contribution in [-0.4, -0.2) is 23.1 Å². The van der Waals surface area contributed by atoms with Gasteiger partial charge in [-0.25, -0.2) is 20.0 Å². The van der Waals surface area contributed by atoms with Crippen LogP contribution in [0.3, 0.4) is 0 Å². The third kappa shape index (κ3) is 4.93. The third-order valence-electron chi connectivity index (χ3n) is 8.87. The van der Waals surface area contributed by atoms with Crippen molar-refractivity contribution >= 4 is 46.3 Å². The molecule has 0 bridgehead atoms. The third-order valence-corrected chi connectivity index (χ3v) is 9.38. The Morgan fingerprint density at radius 1 is 0.333 bits per heavy atom. The normalized spacial score (nSPS) is 20.1. The molecule has 0 aliphatic carbocycles. The second kappa shape index (κ2) is 12.3. The minimum Gasteiger partial charge on any atom is -0.245 e. The lowest BCUT2D eigenvalue weighted by molar-refractivity contribution is 0.420. The van der Waals surface area contributed by atoms with Gasteiger partial charge in [-0.3, -0.25) is 0 Å². The molecule has 6 aromatic rings. The van der Waals surface area contributed by atoms with Crippen LogP contribution >= 0.6 is 23.2 Å². The molecule has 0 spiro atoms. The Bertz CT molecular complexity index is 2050. The highest BCUT2D eigenvalue weighted by Crippen LogP contribution is 2.55. The molecule has 4 nitrogen and oxygen atoms in total. The molecule has 0 saturated heterocycles. The van der Waals surface area contributed by atoms with Crippen LogP contribution in [0.25, 0.3) is 0 Å². The van der Waals surface area contributed by atoms with Gasteiger partial charge in [-0.1, -0.05) is 145 Å². The first-order chi connectivity index (χ1) is 23.6. The van der Waals surface area contributed by atoms with Gasteiger partial charge in [0, 0.05) is 21.2 Å². The van der Waals surface area contributed by atoms with E-state index in [1.165, 1.54) is 0 Å². The Labute approximate surface area is 289 Å². The summed E-state index contributed by atoms with van der Waals surface area (Å²) in [7, 11) is 0. The number of hydrogen-bond acceptors (Lipinski definition) is 4. The van der Waals surface area contributed by atoms with Gasteiger partial charge >= 0.3 is 0 Å². The Hall–Kier alpha value is -5.42. The summed E-state index contributed by atoms with van der Waals surface area (Å²) in [5.74, 6) is 1.18. The SMILES string of the molecule is Clc1ccc(C2=NC(c3ccccc3)(C3(c4ccccc4)N=C(c4ccc(Cl)cc4)N=C3c3ccccc3)C(c3ccccc3)=N2)cc1. The smallest absolute Gasteiger partial charge is 0.165 e. The Kier molecular flexibility index (Phi) is 7.68. The zero-order valence-electron chi connectivity index (χ0n) is 25.7. The molecule has 8 rings (SSSR count). The molecule has 0 amide bonds. The molecule has 0 radical (unpaired) electrons. The van der Waals surface area contributed by atoms with Gasteiger partial charge in [-0.2, -0.15) is 0 Å². The van der Waals surface area contributed by atoms with E-state index >= 15 is 0 Å². The van der Waals surface area contributed by atoms with Crippen molar-refractivity contribution in [3.8, 4) is 0 Å². The molecule has 6 aromatic carbocycles. The number of amidine groups is 2. The predicted molar refractivity (Wildman–Crippen MR) is 198 cm³/mol. The molecule has 6 heteroatoms. The van der Waals surface area contributed by atoms with Gasteiger partial charge in [0.2, 0.25) is 0 Å². The van der Waals surface area contributed by atoms with Crippen LogP contribution in [0.5, 0.6) is 0 Å². The van der Waals surface area contributed by atoms with Gasteiger partial charge in [0.25, 0.3) is 0 Å². The van der Waals surface area contributed by atoms with E-state index in [-0.39, 0.29) is 0 Å². The topological polar surface area (TPSA) is 49.4 Å². The summed E-state index contributed by atoms with van der Waals surface area (Å²) >= 11 is 12.7. The second-order valence-electron chi connectivity index (χ2n) is 11.7. The van der Waals surface area contributed by atoms with Gasteiger partial charge in [0.05, 0.1) is 11.4 Å². The average Bonchev–Trinajstić information content (AvgIpc) is 3.76. The number of halogens is 2. The number of nitrogens with zero attached hydrogens (tertiary/aromatic N) is 4. The summed E-state index contributed by atoms with van der Waals surface area (Å²) < 4.78 is 0. The predicted octanol–water partition coefficient (Wildman–Crippen LogP) is 9.98. The van der Waals surface area contributed by atoms with Crippen molar-refractivity contribution in [1.82, 2.24) is 0 Å². The van der Waals surface area contributed by atoms with E-state index in [0.717, 1.165) is 44.8 Å². The Balaban J connectivity index is 1.55. The molecule has 0 saturated carbocycles. The van der Waals surface area contributed by atoms with Gasteiger partial charge in [-0.15, -0.1) is 0 Å². The summed E-state index contributed by atoms with van der Waals surface area (Å²) in [6, 6.07) is 56.6. The quantitative estimate of drug-likeness (QED) is 0.164. The van der Waals surface area contributed by atoms with E-state index in [2.05, 4.69) is 48.5 Å². The summed E-state index contributed by atoms with van der Waals surface area (Å²) in [6.45, 7) is 0. The van der Waals surface area contributed by atoms with E-state index in [1.807, 2.05) is 121 Å². The fourth-order valence-corrected chi connectivity index (χ4v) is 6.98. The maximum Gasteiger partial charge on any atom is 0.165 e. The Morgan fingerprint density at radius 3 is 0.979 bits per heavy atom. The maximum atomic E-state index is 6.35. The monoisotopic (exact) mass is 658 g/mol. The van der Waals surface area contributed by atoms with E-state index in [4.69, 9.17) is 43.2 Å². The molecule has 2 aliphatic heterocycles. The van der Waals surface area contributed by atoms with Crippen molar-refractivity contribution in [3.05, 3.63) is 213 Å². The molecule has 0 aromatic heterocycles. The second-order valence-corrected chi connectivity index (χ2v) is 12.6. The van der Waals surface area contributed by atoms with Crippen molar-refractivity contribution in [2.24, 2.45) is 20.0 Å². The van der Waals surface area contributed by atoms with Crippen LogP contribution in [-0.2, 0) is 11.1 Å². The molecule has 230 valence electrons. The van der Waals surface area contributed by atoms with Crippen LogP contribution in [0.4, 0.5) is 0 Å². The lowest BCUT2D eigenvalue weighted by Gasteiger charge is -2.44. The van der Waals surface area contributed by atoms with Gasteiger partial charge in [0.15, 0.2) is 22.7 Å². The highest BCUT2D eigenvalue weighted by molar-refractivity contribution is 6.32. The number of hydrogen-bond donors (Lipinski definition) is 0. The van der Waals surface area contributed by atoms with E-state index in [0.29, 0.717) is 21.7 Å². The van der Waals surface area contributed by atoms with Gasteiger partial charge in [0.1, 0.15) is 0 Å². The number of benzene rings is 6. The first-order valence-electron chi connectivity index (χ1n) is 15.7. The molecule has 2 heterocycles. The zero-order valence-corrected chi connectivity index (χ0v) is 27.2. The standard InChI is InChI=1S/C42H28Cl2N4/c43-35-25-21-31(22-26-35)39-45-37(29-13-5-1-6-14-29)41(47-39,33-17-9-3-10-18-33)42(34-19-11-4-12-20-34)38(30-15-7-2-8-16-30)46-40(48-42)32-23-27-36(44)28-24-32/h1-28H. The minimum atomic E-state index is -1.20. The first kappa shape index (κ1) is 29.9. The van der Waals surface area contributed by atoms with Crippen molar-refractivity contribution in [3.63, 3.8) is 0 Å². The molecule has 0 fully saturated rings. The number of aliphatic imine (C=N–C) groups is 4. The highest BCUT2D eigenvalue weighted by Gasteiger charge is 2.64. The lowest BCUT2D eigenvalue weighted by atomic mass is 9.62. The van der Waals surface area contributed by atoms with Gasteiger partial charge < -0.3 is 0 Å². The van der Waals surface area contributed by atoms with Crippen LogP contribution in [0.1, 0.15) is 33.4 Å². The van der Waals surface area contributed by atoms with Gasteiger partial charge in [-0.05, 0) is 70.8 Å². The molecule has 2 unspecified atom stereocenters. The van der Waals surface area contributed by atoms with Crippen molar-refractivity contribution in [1.29, 1.82) is 0 Å². The lowest BCUT2D eigenvalue weighted by Crippen LogP contribution is -2.55. The molecule has 2 atom stereocenters. The molecular formula is C42H28Cl2N4. The van der Waals surface area contributed by atoms with E-state index < -0.39 is 11.1 Å². The van der Waals surface area contributed by atoms with E-state index in [9.17, 15) is 0 Å². The van der Waals surface area contributed by atoms with Crippen molar-refractivity contribution in [2.75, 3.05) is 0 Å². The largest absolute Gasteiger partial charge is 0.245 e. The minimum absolute atomic E-state index is 0.590. The number of rotatable bonds is 7. The van der Waals surface area contributed by atoms with Crippen molar-refractivity contribution < 1.29 is 0 Å². The fraction of sp³-hybridized carbons (Fsp3) is 0.0476. The van der Waals surface area contributed by atoms with Crippen molar-refractivity contribution in [2.45, 2.75) is 11.1 Å². The molecule has 2 aliphatic rings. The molecule has 0 N–H and O–H groups in total. The van der Waals surface area contributed by atoms with E-state index in [1.54, 1.807) is 0 Å². The first-order valence-corrected chi connectivity index (χ1v) is 16.5. The fourth-order valence-electron chi connectivity index (χ4n) is 6.73. The summed E-state index contributed by atoms with van der Waals surface area (Å²) in [6.07, 6.45) is 0. The maximum absolute atomic E-state index is 6.35. The average molecular weight is 660 g/mol. The molecule has 48 heavy (non-hydrogen) atoms.